The Labute approximate surface area is 337 Å². The van der Waals surface area contributed by atoms with Crippen LogP contribution in [0.4, 0.5) is 0 Å². The molecular weight excluding hydrogens is 721 g/mol. The summed E-state index contributed by atoms with van der Waals surface area (Å²) in [5.41, 5.74) is 12.1. The Hall–Kier alpha value is -8.02. The van der Waals surface area contributed by atoms with Crippen molar-refractivity contribution in [2.24, 2.45) is 0 Å². The van der Waals surface area contributed by atoms with Gasteiger partial charge in [0.15, 0.2) is 5.58 Å². The van der Waals surface area contributed by atoms with E-state index in [0.717, 1.165) is 93.6 Å². The average Bonchev–Trinajstić information content (AvgIpc) is 3.97. The van der Waals surface area contributed by atoms with Gasteiger partial charge in [0, 0.05) is 48.7 Å². The van der Waals surface area contributed by atoms with E-state index in [9.17, 15) is 0 Å². The highest BCUT2D eigenvalue weighted by molar-refractivity contribution is 6.28. The molecule has 0 bridgehead atoms. The summed E-state index contributed by atoms with van der Waals surface area (Å²) in [6.45, 7) is 0. The summed E-state index contributed by atoms with van der Waals surface area (Å²) in [6.07, 6.45) is 0. The van der Waals surface area contributed by atoms with Gasteiger partial charge < -0.3 is 8.98 Å². The molecule has 0 fully saturated rings. The Morgan fingerprint density at radius 1 is 0.356 bits per heavy atom. The van der Waals surface area contributed by atoms with E-state index in [0.29, 0.717) is 5.95 Å². The van der Waals surface area contributed by atoms with E-state index in [1.54, 1.807) is 0 Å². The van der Waals surface area contributed by atoms with E-state index < -0.39 is 0 Å². The van der Waals surface area contributed by atoms with Crippen LogP contribution in [-0.2, 0) is 0 Å². The largest absolute Gasteiger partial charge is 0.454 e. The molecule has 59 heavy (non-hydrogen) atoms. The summed E-state index contributed by atoms with van der Waals surface area (Å²) in [7, 11) is 0. The van der Waals surface area contributed by atoms with Crippen molar-refractivity contribution in [3.63, 3.8) is 0 Å². The van der Waals surface area contributed by atoms with Gasteiger partial charge in [-0.3, -0.25) is 4.57 Å². The molecule has 5 nitrogen and oxygen atoms in total. The first-order valence-electron chi connectivity index (χ1n) is 20.0. The third-order valence-corrected chi connectivity index (χ3v) is 12.1. The Balaban J connectivity index is 1.21. The van der Waals surface area contributed by atoms with Crippen LogP contribution in [0.3, 0.4) is 0 Å². The maximum atomic E-state index is 6.88. The maximum Gasteiger partial charge on any atom is 0.236 e. The van der Waals surface area contributed by atoms with Crippen molar-refractivity contribution in [2.45, 2.75) is 0 Å². The van der Waals surface area contributed by atoms with Crippen LogP contribution in [0.25, 0.3) is 121 Å². The zero-order valence-electron chi connectivity index (χ0n) is 31.7. The number of para-hydroxylation sites is 3. The molecule has 9 aromatic carbocycles. The first-order valence-corrected chi connectivity index (χ1v) is 20.0. The molecule has 0 aliphatic heterocycles. The molecule has 0 amide bonds. The number of hydrogen-bond donors (Lipinski definition) is 0. The summed E-state index contributed by atoms with van der Waals surface area (Å²) >= 11 is 0. The molecule has 0 radical (unpaired) electrons. The molecule has 13 rings (SSSR count). The third-order valence-electron chi connectivity index (χ3n) is 12.1. The molecule has 5 heteroatoms. The minimum Gasteiger partial charge on any atom is -0.454 e. The quantitative estimate of drug-likeness (QED) is 0.180. The number of nitrogens with zero attached hydrogens (tertiary/aromatic N) is 4. The lowest BCUT2D eigenvalue weighted by atomic mass is 10.0. The molecule has 4 heterocycles. The van der Waals surface area contributed by atoms with Crippen LogP contribution in [0.1, 0.15) is 0 Å². The van der Waals surface area contributed by atoms with Gasteiger partial charge in [-0.05, 0) is 46.8 Å². The topological polar surface area (TPSA) is 48.8 Å². The third kappa shape index (κ3) is 4.61. The van der Waals surface area contributed by atoms with Gasteiger partial charge in [-0.15, -0.1) is 0 Å². The fourth-order valence-corrected chi connectivity index (χ4v) is 9.50. The molecule has 274 valence electrons. The number of fused-ring (bicyclic) bond motifs is 13. The van der Waals surface area contributed by atoms with E-state index in [4.69, 9.17) is 14.4 Å². The first kappa shape index (κ1) is 32.1. The highest BCUT2D eigenvalue weighted by Gasteiger charge is 2.26. The van der Waals surface area contributed by atoms with Gasteiger partial charge in [0.05, 0.1) is 33.4 Å². The number of aromatic nitrogens is 4. The summed E-state index contributed by atoms with van der Waals surface area (Å²) in [6, 6.07) is 68.9. The van der Waals surface area contributed by atoms with Gasteiger partial charge in [-0.2, -0.15) is 0 Å². The smallest absolute Gasteiger partial charge is 0.236 e. The molecule has 0 N–H and O–H groups in total. The predicted octanol–water partition coefficient (Wildman–Crippen LogP) is 14.2. The van der Waals surface area contributed by atoms with Gasteiger partial charge in [-0.1, -0.05) is 164 Å². The summed E-state index contributed by atoms with van der Waals surface area (Å²) < 4.78 is 11.6. The summed E-state index contributed by atoms with van der Waals surface area (Å²) in [5.74, 6) is 0.584. The Kier molecular flexibility index (Phi) is 6.66. The van der Waals surface area contributed by atoms with Gasteiger partial charge in [0.25, 0.3) is 0 Å². The molecule has 0 spiro atoms. The molecule has 0 unspecified atom stereocenters. The highest BCUT2D eigenvalue weighted by Crippen LogP contribution is 2.45. The van der Waals surface area contributed by atoms with Gasteiger partial charge in [-0.25, -0.2) is 9.97 Å². The SMILES string of the molecule is c1ccc(-c2ccc(-c3nc(-n4c5c(ccc6c7ccccc7oc65)c5ccc6c7ccccc7n(-c7cccc8ccccc78)c6c54)nc4ccccc34)cc2)cc1. The maximum absolute atomic E-state index is 6.88. The van der Waals surface area contributed by atoms with Crippen LogP contribution in [0.2, 0.25) is 0 Å². The van der Waals surface area contributed by atoms with Crippen LogP contribution >= 0.6 is 0 Å². The Morgan fingerprint density at radius 3 is 1.80 bits per heavy atom. The average molecular weight is 753 g/mol. The van der Waals surface area contributed by atoms with Gasteiger partial charge >= 0.3 is 0 Å². The molecule has 13 aromatic rings. The first-order chi connectivity index (χ1) is 29.3. The highest BCUT2D eigenvalue weighted by atomic mass is 16.3. The van der Waals surface area contributed by atoms with Crippen molar-refractivity contribution < 1.29 is 4.42 Å². The zero-order valence-corrected chi connectivity index (χ0v) is 31.7. The summed E-state index contributed by atoms with van der Waals surface area (Å²) in [5, 5.41) is 10.0. The van der Waals surface area contributed by atoms with E-state index in [2.05, 4.69) is 197 Å². The lowest BCUT2D eigenvalue weighted by Crippen LogP contribution is -2.05. The minimum absolute atomic E-state index is 0.584. The van der Waals surface area contributed by atoms with Crippen molar-refractivity contribution in [3.8, 4) is 34.0 Å². The van der Waals surface area contributed by atoms with E-state index in [1.165, 1.54) is 21.7 Å². The molecular formula is C54H32N4O. The molecule has 0 aliphatic carbocycles. The fourth-order valence-electron chi connectivity index (χ4n) is 9.50. The number of hydrogen-bond acceptors (Lipinski definition) is 3. The second-order valence-corrected chi connectivity index (χ2v) is 15.3. The number of furan rings is 1. The molecule has 0 aliphatic rings. The van der Waals surface area contributed by atoms with Crippen LogP contribution in [-0.4, -0.2) is 19.1 Å². The molecule has 0 saturated heterocycles. The lowest BCUT2D eigenvalue weighted by Gasteiger charge is -2.15. The van der Waals surface area contributed by atoms with E-state index in [-0.39, 0.29) is 0 Å². The second kappa shape index (κ2) is 12.2. The standard InChI is InChI=1S/C54H32N4O/c1-2-13-33(14-3-1)34-25-27-36(28-26-34)49-44-20-6-9-21-45(44)55-54(56-49)58-51-41(42-31-32-43-39-19-8-11-24-48(39)59-53(43)52(42)58)30-29-40-38-18-7-10-22-47(38)57(50(40)51)46-23-12-16-35-15-4-5-17-37(35)46/h1-32H. The minimum atomic E-state index is 0.584. The Bertz CT molecular complexity index is 3830. The van der Waals surface area contributed by atoms with Crippen LogP contribution in [0.15, 0.2) is 199 Å². The predicted molar refractivity (Wildman–Crippen MR) is 244 cm³/mol. The normalized spacial score (nSPS) is 12.1. The zero-order chi connectivity index (χ0) is 38.6. The molecule has 0 atom stereocenters. The van der Waals surface area contributed by atoms with Crippen LogP contribution in [0, 0.1) is 0 Å². The van der Waals surface area contributed by atoms with E-state index >= 15 is 0 Å². The van der Waals surface area contributed by atoms with Crippen molar-refractivity contribution in [1.82, 2.24) is 19.1 Å². The monoisotopic (exact) mass is 752 g/mol. The van der Waals surface area contributed by atoms with Gasteiger partial charge in [0.1, 0.15) is 11.1 Å². The van der Waals surface area contributed by atoms with Crippen molar-refractivity contribution in [2.75, 3.05) is 0 Å². The van der Waals surface area contributed by atoms with Crippen molar-refractivity contribution >= 4 is 87.2 Å². The molecule has 0 saturated carbocycles. The van der Waals surface area contributed by atoms with Crippen LogP contribution < -0.4 is 0 Å². The Morgan fingerprint density at radius 2 is 0.949 bits per heavy atom. The van der Waals surface area contributed by atoms with Crippen molar-refractivity contribution in [1.29, 1.82) is 0 Å². The van der Waals surface area contributed by atoms with Crippen molar-refractivity contribution in [3.05, 3.63) is 194 Å². The second-order valence-electron chi connectivity index (χ2n) is 15.3. The van der Waals surface area contributed by atoms with Crippen LogP contribution in [0.5, 0.6) is 0 Å². The summed E-state index contributed by atoms with van der Waals surface area (Å²) in [4.78, 5) is 11.0. The number of benzene rings is 9. The fraction of sp³-hybridized carbons (Fsp3) is 0. The molecule has 4 aromatic heterocycles. The van der Waals surface area contributed by atoms with E-state index in [1.807, 2.05) is 6.07 Å². The number of rotatable bonds is 4. The lowest BCUT2D eigenvalue weighted by molar-refractivity contribution is 0.671. The van der Waals surface area contributed by atoms with Gasteiger partial charge in [0.2, 0.25) is 5.95 Å².